The largest absolute Gasteiger partial charge is 0.484 e. The van der Waals surface area contributed by atoms with E-state index in [-0.39, 0.29) is 12.5 Å². The number of hydrogen-bond acceptors (Lipinski definition) is 4. The van der Waals surface area contributed by atoms with Crippen LogP contribution in [0.3, 0.4) is 0 Å². The topological polar surface area (TPSA) is 90.7 Å². The number of anilines is 1. The van der Waals surface area contributed by atoms with Crippen molar-refractivity contribution in [1.82, 2.24) is 0 Å². The molecule has 0 aromatic heterocycles. The Hall–Kier alpha value is -2.08. The van der Waals surface area contributed by atoms with Gasteiger partial charge in [-0.25, -0.2) is 0 Å². The van der Waals surface area contributed by atoms with Crippen molar-refractivity contribution in [2.24, 2.45) is 5.73 Å². The van der Waals surface area contributed by atoms with E-state index in [1.165, 1.54) is 0 Å². The first-order chi connectivity index (χ1) is 11.4. The van der Waals surface area contributed by atoms with Gasteiger partial charge in [-0.3, -0.25) is 9.59 Å². The molecule has 1 aromatic carbocycles. The first-order valence-corrected chi connectivity index (χ1v) is 8.38. The fourth-order valence-corrected chi connectivity index (χ4v) is 2.33. The molecule has 1 aromatic rings. The molecule has 0 aliphatic rings. The lowest BCUT2D eigenvalue weighted by Gasteiger charge is -2.28. The number of nitrogens with one attached hydrogen (secondary N) is 1. The Balaban J connectivity index is 2.67. The molecule has 0 unspecified atom stereocenters. The van der Waals surface area contributed by atoms with E-state index in [0.717, 1.165) is 19.3 Å². The van der Waals surface area contributed by atoms with Crippen molar-refractivity contribution in [2.75, 3.05) is 18.5 Å². The maximum atomic E-state index is 12.6. The Labute approximate surface area is 143 Å². The van der Waals surface area contributed by atoms with Crippen molar-refractivity contribution in [3.63, 3.8) is 0 Å². The molecule has 0 bridgehead atoms. The number of nitrogens with two attached hydrogens (primary N) is 1. The molecule has 24 heavy (non-hydrogen) atoms. The number of unbranched alkanes of at least 4 members (excludes halogenated alkanes) is 2. The van der Waals surface area contributed by atoms with Crippen LogP contribution in [0.25, 0.3) is 0 Å². The molecular formula is C18H28N2O4. The summed E-state index contributed by atoms with van der Waals surface area (Å²) >= 11 is 0. The summed E-state index contributed by atoms with van der Waals surface area (Å²) in [6.07, 6.45) is 3.79. The van der Waals surface area contributed by atoms with Crippen LogP contribution >= 0.6 is 0 Å². The van der Waals surface area contributed by atoms with Gasteiger partial charge in [0, 0.05) is 12.3 Å². The van der Waals surface area contributed by atoms with Gasteiger partial charge in [-0.05, 0) is 44.5 Å². The van der Waals surface area contributed by atoms with E-state index in [0.29, 0.717) is 24.5 Å². The van der Waals surface area contributed by atoms with Gasteiger partial charge < -0.3 is 20.5 Å². The minimum Gasteiger partial charge on any atom is -0.484 e. The lowest BCUT2D eigenvalue weighted by Crippen LogP contribution is -2.42. The summed E-state index contributed by atoms with van der Waals surface area (Å²) < 4.78 is 10.9. The first kappa shape index (κ1) is 20.0. The summed E-state index contributed by atoms with van der Waals surface area (Å²) in [5.74, 6) is -0.180. The zero-order chi connectivity index (χ0) is 18.0. The monoisotopic (exact) mass is 336 g/mol. The second-order valence-electron chi connectivity index (χ2n) is 5.85. The van der Waals surface area contributed by atoms with Gasteiger partial charge in [0.1, 0.15) is 11.4 Å². The third-order valence-electron chi connectivity index (χ3n) is 3.69. The molecule has 0 saturated heterocycles. The highest BCUT2D eigenvalue weighted by molar-refractivity contribution is 5.97. The number of carbonyl (C=O) groups excluding carboxylic acids is 2. The van der Waals surface area contributed by atoms with Crippen molar-refractivity contribution in [2.45, 2.75) is 52.1 Å². The Kier molecular flexibility index (Phi) is 8.26. The van der Waals surface area contributed by atoms with Crippen LogP contribution in [-0.4, -0.2) is 30.6 Å². The zero-order valence-electron chi connectivity index (χ0n) is 14.8. The summed E-state index contributed by atoms with van der Waals surface area (Å²) in [6, 6.07) is 6.78. The highest BCUT2D eigenvalue weighted by Gasteiger charge is 2.33. The molecule has 2 amide bonds. The first-order valence-electron chi connectivity index (χ1n) is 8.38. The number of carbonyl (C=O) groups is 2. The van der Waals surface area contributed by atoms with Crippen molar-refractivity contribution in [1.29, 1.82) is 0 Å². The van der Waals surface area contributed by atoms with Gasteiger partial charge in [0.25, 0.3) is 11.8 Å². The number of amides is 2. The van der Waals surface area contributed by atoms with Crippen LogP contribution in [-0.2, 0) is 14.3 Å². The van der Waals surface area contributed by atoms with Gasteiger partial charge in [0.05, 0.1) is 0 Å². The molecule has 0 spiro atoms. The van der Waals surface area contributed by atoms with Crippen LogP contribution in [0.2, 0.25) is 0 Å². The predicted octanol–water partition coefficient (Wildman–Crippen LogP) is 2.86. The van der Waals surface area contributed by atoms with Crippen molar-refractivity contribution < 1.29 is 19.1 Å². The molecule has 0 aliphatic carbocycles. The fraction of sp³-hybridized carbons (Fsp3) is 0.556. The minimum absolute atomic E-state index is 0.161. The standard InChI is InChI=1S/C18H28N2O4/c1-4-6-7-12-18(3,24-5-2)17(22)20-14-8-10-15(11-9-14)23-13-16(19)21/h8-11H,4-7,12-13H2,1-3H3,(H2,19,21)(H,20,22)/t18-/m0/s1. The van der Waals surface area contributed by atoms with E-state index in [1.807, 2.05) is 13.8 Å². The van der Waals surface area contributed by atoms with Gasteiger partial charge in [0.2, 0.25) is 0 Å². The molecular weight excluding hydrogens is 308 g/mol. The number of rotatable bonds is 11. The van der Waals surface area contributed by atoms with E-state index in [4.69, 9.17) is 15.2 Å². The van der Waals surface area contributed by atoms with Crippen molar-refractivity contribution >= 4 is 17.5 Å². The van der Waals surface area contributed by atoms with Crippen LogP contribution in [0.15, 0.2) is 24.3 Å². The molecule has 3 N–H and O–H groups in total. The lowest BCUT2D eigenvalue weighted by atomic mass is 9.96. The number of ether oxygens (including phenoxy) is 2. The van der Waals surface area contributed by atoms with E-state index in [1.54, 1.807) is 24.3 Å². The van der Waals surface area contributed by atoms with Gasteiger partial charge in [-0.2, -0.15) is 0 Å². The number of primary amides is 1. The van der Waals surface area contributed by atoms with Gasteiger partial charge >= 0.3 is 0 Å². The predicted molar refractivity (Wildman–Crippen MR) is 93.9 cm³/mol. The molecule has 0 heterocycles. The van der Waals surface area contributed by atoms with Crippen LogP contribution in [0.1, 0.15) is 46.5 Å². The summed E-state index contributed by atoms with van der Waals surface area (Å²) in [5, 5.41) is 2.88. The molecule has 134 valence electrons. The number of hydrogen-bond donors (Lipinski definition) is 2. The molecule has 1 rings (SSSR count). The molecule has 0 radical (unpaired) electrons. The van der Waals surface area contributed by atoms with Crippen LogP contribution < -0.4 is 15.8 Å². The van der Waals surface area contributed by atoms with Gasteiger partial charge in [-0.1, -0.05) is 26.2 Å². The summed E-state index contributed by atoms with van der Waals surface area (Å²) in [7, 11) is 0. The van der Waals surface area contributed by atoms with E-state index < -0.39 is 11.5 Å². The smallest absolute Gasteiger partial charge is 0.256 e. The third kappa shape index (κ3) is 6.58. The molecule has 0 aliphatic heterocycles. The summed E-state index contributed by atoms with van der Waals surface area (Å²) in [5.41, 5.74) is 4.83. The molecule has 0 saturated carbocycles. The van der Waals surface area contributed by atoms with E-state index in [9.17, 15) is 9.59 Å². The third-order valence-corrected chi connectivity index (χ3v) is 3.69. The zero-order valence-corrected chi connectivity index (χ0v) is 14.8. The Morgan fingerprint density at radius 3 is 2.38 bits per heavy atom. The normalized spacial score (nSPS) is 13.1. The maximum Gasteiger partial charge on any atom is 0.256 e. The Morgan fingerprint density at radius 2 is 1.83 bits per heavy atom. The minimum atomic E-state index is -0.842. The van der Waals surface area contributed by atoms with Crippen molar-refractivity contribution in [3.8, 4) is 5.75 Å². The molecule has 6 heteroatoms. The van der Waals surface area contributed by atoms with Crippen LogP contribution in [0.4, 0.5) is 5.69 Å². The summed E-state index contributed by atoms with van der Waals surface area (Å²) in [4.78, 5) is 23.3. The highest BCUT2D eigenvalue weighted by atomic mass is 16.5. The average Bonchev–Trinajstić information content (AvgIpc) is 2.54. The molecule has 1 atom stereocenters. The highest BCUT2D eigenvalue weighted by Crippen LogP contribution is 2.23. The van der Waals surface area contributed by atoms with E-state index in [2.05, 4.69) is 12.2 Å². The van der Waals surface area contributed by atoms with Gasteiger partial charge in [-0.15, -0.1) is 0 Å². The van der Waals surface area contributed by atoms with E-state index >= 15 is 0 Å². The van der Waals surface area contributed by atoms with Gasteiger partial charge in [0.15, 0.2) is 6.61 Å². The lowest BCUT2D eigenvalue weighted by molar-refractivity contribution is -0.139. The average molecular weight is 336 g/mol. The SMILES string of the molecule is CCCCC[C@](C)(OCC)C(=O)Nc1ccc(OCC(N)=O)cc1. The molecule has 0 fully saturated rings. The quantitative estimate of drug-likeness (QED) is 0.608. The van der Waals surface area contributed by atoms with Crippen molar-refractivity contribution in [3.05, 3.63) is 24.3 Å². The Morgan fingerprint density at radius 1 is 1.17 bits per heavy atom. The van der Waals surface area contributed by atoms with Crippen LogP contribution in [0, 0.1) is 0 Å². The maximum absolute atomic E-state index is 12.6. The fourth-order valence-electron chi connectivity index (χ4n) is 2.33. The Bertz CT molecular complexity index is 530. The summed E-state index contributed by atoms with van der Waals surface area (Å²) in [6.45, 7) is 6.14. The number of benzene rings is 1. The second-order valence-corrected chi connectivity index (χ2v) is 5.85. The molecule has 6 nitrogen and oxygen atoms in total. The second kappa shape index (κ2) is 9.93. The van der Waals surface area contributed by atoms with Crippen LogP contribution in [0.5, 0.6) is 5.75 Å².